The van der Waals surface area contributed by atoms with Gasteiger partial charge < -0.3 is 30.3 Å². The molecule has 1 aliphatic heterocycles. The van der Waals surface area contributed by atoms with Gasteiger partial charge in [0.05, 0.1) is 51.8 Å². The lowest BCUT2D eigenvalue weighted by Gasteiger charge is -2.61. The fourth-order valence-corrected chi connectivity index (χ4v) is 8.01. The van der Waals surface area contributed by atoms with Gasteiger partial charge >= 0.3 is 24.1 Å². The van der Waals surface area contributed by atoms with Gasteiger partial charge in [-0.05, 0) is 69.2 Å². The number of amides is 1. The summed E-state index contributed by atoms with van der Waals surface area (Å²) in [6.07, 6.45) is -2.39. The molecule has 0 aromatic heterocycles. The van der Waals surface area contributed by atoms with E-state index in [1.807, 2.05) is 0 Å². The van der Waals surface area contributed by atoms with Gasteiger partial charge in [0.2, 0.25) is 0 Å². The summed E-state index contributed by atoms with van der Waals surface area (Å²) in [4.78, 5) is 52.3. The van der Waals surface area contributed by atoms with E-state index in [1.165, 1.54) is 12.1 Å². The van der Waals surface area contributed by atoms with Crippen molar-refractivity contribution in [1.82, 2.24) is 10.6 Å². The van der Waals surface area contributed by atoms with Gasteiger partial charge in [0.1, 0.15) is 18.6 Å². The maximum absolute atomic E-state index is 15.9. The first-order valence-electron chi connectivity index (χ1n) is 16.6. The van der Waals surface area contributed by atoms with E-state index in [1.54, 1.807) is 12.1 Å². The molecule has 2 saturated carbocycles. The van der Waals surface area contributed by atoms with Crippen molar-refractivity contribution in [3.63, 3.8) is 0 Å². The Morgan fingerprint density at radius 1 is 0.980 bits per heavy atom. The van der Waals surface area contributed by atoms with Gasteiger partial charge in [-0.25, -0.2) is 13.6 Å². The van der Waals surface area contributed by atoms with Crippen molar-refractivity contribution in [2.24, 2.45) is 16.7 Å². The number of carbonyl (C=O) groups is 4. The maximum Gasteiger partial charge on any atom is 0.418 e. The molecule has 278 valence electrons. The van der Waals surface area contributed by atoms with Crippen LogP contribution in [-0.2, 0) is 25.2 Å². The highest BCUT2D eigenvalue weighted by Crippen LogP contribution is 2.64. The predicted molar refractivity (Wildman–Crippen MR) is 172 cm³/mol. The van der Waals surface area contributed by atoms with Gasteiger partial charge in [0, 0.05) is 24.1 Å². The number of carboxylic acid groups (broad SMARTS) is 2. The molecule has 3 aliphatic rings. The van der Waals surface area contributed by atoms with Crippen LogP contribution in [0, 0.1) is 22.6 Å². The minimum atomic E-state index is -5.34. The largest absolute Gasteiger partial charge is 0.481 e. The molecule has 1 amide bonds. The van der Waals surface area contributed by atoms with E-state index in [4.69, 9.17) is 21.1 Å². The zero-order valence-corrected chi connectivity index (χ0v) is 28.3. The summed E-state index contributed by atoms with van der Waals surface area (Å²) in [5.41, 5.74) is -7.97. The number of nitrogens with one attached hydrogen (secondary N) is 2. The molecule has 5 atom stereocenters. The number of hydrogen-bond acceptors (Lipinski definition) is 7. The molecule has 5 unspecified atom stereocenters. The monoisotopic (exact) mass is 744 g/mol. The third-order valence-corrected chi connectivity index (χ3v) is 11.1. The van der Waals surface area contributed by atoms with Crippen molar-refractivity contribution in [3.8, 4) is 0 Å². The van der Waals surface area contributed by atoms with Crippen molar-refractivity contribution in [1.29, 1.82) is 0 Å². The summed E-state index contributed by atoms with van der Waals surface area (Å²) in [7, 11) is 0. The number of rotatable bonds is 13. The maximum atomic E-state index is 15.9. The summed E-state index contributed by atoms with van der Waals surface area (Å²) in [5.74, 6) is -9.61. The molecule has 16 heteroatoms. The number of carbonyl (C=O) groups excluding carboxylic acids is 2. The first-order chi connectivity index (χ1) is 24.1. The zero-order valence-electron chi connectivity index (χ0n) is 27.5. The highest BCUT2D eigenvalue weighted by molar-refractivity contribution is 6.31. The standard InChI is InChI=1S/C35H38ClF5N2O8/c1-33(31(46)47)24(16-37)43-25(17-50-15-14-42-29(44)20-10-2-3-11-21(20)30(45)51-19-8-5-9-19)34(32(48)49,18-6-4-7-18)28(33)26-23(38)13-12-22(36)27(26)35(39,40)41/h2-3,10-13,18-19,24-25,28,43H,4-9,14-17H2,1H3,(H,42,44)(H,46,47)(H,48,49). The van der Waals surface area contributed by atoms with Gasteiger partial charge in [-0.2, -0.15) is 13.2 Å². The lowest BCUT2D eigenvalue weighted by molar-refractivity contribution is -0.188. The zero-order chi connectivity index (χ0) is 37.3. The van der Waals surface area contributed by atoms with E-state index in [0.717, 1.165) is 26.2 Å². The topological polar surface area (TPSA) is 151 Å². The number of ether oxygens (including phenoxy) is 2. The SMILES string of the molecule is CC1(C(=O)O)C(CF)NC(COCCNC(=O)c2ccccc2C(=O)OC2CCC2)C(C(=O)O)(C2CCC2)C1c1c(F)ccc(Cl)c1C(F)(F)F. The van der Waals surface area contributed by atoms with Crippen molar-refractivity contribution in [2.75, 3.05) is 26.4 Å². The highest BCUT2D eigenvalue weighted by atomic mass is 35.5. The average molecular weight is 745 g/mol. The fourth-order valence-electron chi connectivity index (χ4n) is 7.74. The molecule has 3 fully saturated rings. The van der Waals surface area contributed by atoms with Crippen LogP contribution in [0.15, 0.2) is 36.4 Å². The lowest BCUT2D eigenvalue weighted by Crippen LogP contribution is -2.74. The lowest BCUT2D eigenvalue weighted by atomic mass is 9.45. The van der Waals surface area contributed by atoms with Gasteiger partial charge in [0.25, 0.3) is 5.91 Å². The second-order valence-electron chi connectivity index (χ2n) is 13.5. The first-order valence-corrected chi connectivity index (χ1v) is 17.0. The molecule has 0 bridgehead atoms. The Bertz CT molecular complexity index is 1670. The van der Waals surface area contributed by atoms with Crippen molar-refractivity contribution < 1.29 is 60.8 Å². The van der Waals surface area contributed by atoms with Crippen LogP contribution < -0.4 is 10.6 Å². The molecule has 5 rings (SSSR count). The third-order valence-electron chi connectivity index (χ3n) is 10.8. The van der Waals surface area contributed by atoms with Crippen LogP contribution in [0.5, 0.6) is 0 Å². The Hall–Kier alpha value is -3.82. The van der Waals surface area contributed by atoms with Gasteiger partial charge in [-0.3, -0.25) is 14.4 Å². The number of hydrogen-bond donors (Lipinski definition) is 4. The minimum Gasteiger partial charge on any atom is -0.481 e. The number of piperidine rings is 1. The van der Waals surface area contributed by atoms with Gasteiger partial charge in [-0.15, -0.1) is 0 Å². The van der Waals surface area contributed by atoms with Crippen LogP contribution in [0.3, 0.4) is 0 Å². The number of carboxylic acids is 2. The van der Waals surface area contributed by atoms with Crippen LogP contribution in [0.2, 0.25) is 5.02 Å². The molecule has 10 nitrogen and oxygen atoms in total. The molecule has 2 aliphatic carbocycles. The second kappa shape index (κ2) is 15.0. The quantitative estimate of drug-likeness (QED) is 0.110. The van der Waals surface area contributed by atoms with Gasteiger partial charge in [0.15, 0.2) is 0 Å². The summed E-state index contributed by atoms with van der Waals surface area (Å²) < 4.78 is 85.7. The van der Waals surface area contributed by atoms with Crippen LogP contribution in [0.25, 0.3) is 0 Å². The molecule has 0 spiro atoms. The minimum absolute atomic E-state index is 0.0382. The number of aliphatic carboxylic acids is 2. The summed E-state index contributed by atoms with van der Waals surface area (Å²) in [6, 6.07) is 3.96. The molecule has 1 saturated heterocycles. The van der Waals surface area contributed by atoms with Gasteiger partial charge in [-0.1, -0.05) is 30.2 Å². The Morgan fingerprint density at radius 2 is 1.63 bits per heavy atom. The van der Waals surface area contributed by atoms with Crippen molar-refractivity contribution in [2.45, 2.75) is 75.7 Å². The van der Waals surface area contributed by atoms with Crippen LogP contribution in [0.1, 0.15) is 83.2 Å². The Balaban J connectivity index is 1.45. The summed E-state index contributed by atoms with van der Waals surface area (Å²) in [6.45, 7) is -1.58. The smallest absolute Gasteiger partial charge is 0.418 e. The molecular weight excluding hydrogens is 707 g/mol. The third kappa shape index (κ3) is 6.91. The number of halogens is 6. The molecular formula is C35H38ClF5N2O8. The first kappa shape index (κ1) is 38.4. The molecule has 51 heavy (non-hydrogen) atoms. The van der Waals surface area contributed by atoms with E-state index < -0.39 is 100.0 Å². The van der Waals surface area contributed by atoms with Crippen LogP contribution in [0.4, 0.5) is 22.0 Å². The van der Waals surface area contributed by atoms with E-state index in [2.05, 4.69) is 10.6 Å². The summed E-state index contributed by atoms with van der Waals surface area (Å²) >= 11 is 5.98. The van der Waals surface area contributed by atoms with E-state index in [-0.39, 0.29) is 43.2 Å². The normalized spacial score (nSPS) is 26.8. The summed E-state index contributed by atoms with van der Waals surface area (Å²) in [5, 5.41) is 25.8. The van der Waals surface area contributed by atoms with E-state index in [0.29, 0.717) is 18.6 Å². The number of benzene rings is 2. The Labute approximate surface area is 295 Å². The van der Waals surface area contributed by atoms with Crippen LogP contribution in [-0.4, -0.2) is 78.6 Å². The highest BCUT2D eigenvalue weighted by Gasteiger charge is 2.71. The molecule has 2 aromatic carbocycles. The molecule has 2 aromatic rings. The number of esters is 1. The Kier molecular flexibility index (Phi) is 11.3. The average Bonchev–Trinajstić information content (AvgIpc) is 3.02. The fraction of sp³-hybridized carbons (Fsp3) is 0.543. The van der Waals surface area contributed by atoms with Crippen molar-refractivity contribution in [3.05, 3.63) is 69.5 Å². The molecule has 0 radical (unpaired) electrons. The number of alkyl halides is 4. The van der Waals surface area contributed by atoms with E-state index >= 15 is 4.39 Å². The molecule has 4 N–H and O–H groups in total. The van der Waals surface area contributed by atoms with Crippen molar-refractivity contribution >= 4 is 35.4 Å². The predicted octanol–water partition coefficient (Wildman–Crippen LogP) is 6.01. The Morgan fingerprint density at radius 3 is 2.16 bits per heavy atom. The van der Waals surface area contributed by atoms with E-state index in [9.17, 15) is 47.0 Å². The van der Waals surface area contributed by atoms with Crippen LogP contribution >= 0.6 is 11.6 Å². The second-order valence-corrected chi connectivity index (χ2v) is 13.9. The molecule has 1 heterocycles.